The fourth-order valence-electron chi connectivity index (χ4n) is 16.5. The fraction of sp³-hybridized carbons (Fsp3) is 0.633. The number of benzene rings is 2. The molecule has 0 aliphatic heterocycles. The van der Waals surface area contributed by atoms with Gasteiger partial charge in [-0.1, -0.05) is 137 Å². The van der Waals surface area contributed by atoms with Crippen LogP contribution in [0.5, 0.6) is 0 Å². The molecule has 832 valence electrons. The number of carbonyl (C=O) groups is 12. The largest absolute Gasteiger partial charge is 0.370 e. The van der Waals surface area contributed by atoms with Crippen LogP contribution in [0.25, 0.3) is 21.8 Å². The molecule has 2 heterocycles. The molecule has 0 aliphatic carbocycles. The van der Waals surface area contributed by atoms with Gasteiger partial charge in [0.2, 0.25) is 70.9 Å². The minimum Gasteiger partial charge on any atom is -0.370 e. The van der Waals surface area contributed by atoms with E-state index in [1.165, 1.54) is 0 Å². The molecule has 0 fully saturated rings. The van der Waals surface area contributed by atoms with Crippen molar-refractivity contribution in [3.8, 4) is 0 Å². The van der Waals surface area contributed by atoms with Crippen LogP contribution in [0.4, 0.5) is 0 Å². The lowest BCUT2D eigenvalue weighted by molar-refractivity contribution is -0.136. The predicted molar refractivity (Wildman–Crippen MR) is 580 cm³/mol. The van der Waals surface area contributed by atoms with Crippen molar-refractivity contribution in [3.63, 3.8) is 0 Å². The molecule has 0 unspecified atom stereocenters. The van der Waals surface area contributed by atoms with Gasteiger partial charge >= 0.3 is 0 Å². The van der Waals surface area contributed by atoms with Gasteiger partial charge in [0, 0.05) is 103 Å². The average Bonchev–Trinajstić information content (AvgIpc) is 1.63. The van der Waals surface area contributed by atoms with Crippen LogP contribution in [0, 0.1) is 43.3 Å². The summed E-state index contributed by atoms with van der Waals surface area (Å²) in [6, 6.07) is -6.18. The van der Waals surface area contributed by atoms with Crippen LogP contribution in [0.3, 0.4) is 0 Å². The van der Waals surface area contributed by atoms with E-state index in [1.807, 2.05) is 20.8 Å². The molecule has 0 bridgehead atoms. The van der Waals surface area contributed by atoms with Crippen LogP contribution in [-0.2, 0) is 103 Å². The molecule has 51 heteroatoms. The molecule has 149 heavy (non-hydrogen) atoms. The zero-order valence-electron chi connectivity index (χ0n) is 90.1. The van der Waals surface area contributed by atoms with Gasteiger partial charge in [-0.2, -0.15) is 0 Å². The predicted octanol–water partition coefficient (Wildman–Crippen LogP) is -2.27. The number of aromatic amines is 2. The summed E-state index contributed by atoms with van der Waals surface area (Å²) in [6.07, 6.45) is -1.05. The Morgan fingerprint density at radius 1 is 0.262 bits per heavy atom. The maximum absolute atomic E-state index is 15.6. The first-order chi connectivity index (χ1) is 69.1. The summed E-state index contributed by atoms with van der Waals surface area (Å²) in [5, 5.41) is 114. The summed E-state index contributed by atoms with van der Waals surface area (Å²) < 4.78 is 0. The standard InChI is InChI=1S/C98H173N39O12/c1-93(2,3)51-43-53-55(73(97(13,14)15)136-71(53)57(45-51)95(7,8)9)47-59(99)76(141)129-62(29-21-37-119-87(105)106)84(149)135-68(48-56-54-44-52(94(4,5)6)46-58(96(10,11)12)72(54)137-74(56)98(16,17)18)77(142)126-49-69(138)125-50-70(139)127-61(28-20-36-118-86(103)104)78(143)130-64(31-23-39-121-89(109)110)80(145)132-66(33-25-41-123-91(113)114)82(147)134-67(34-26-42-124-92(115)116)83(148)133-65(32-24-40-122-90(111)112)81(146)131-63(30-22-38-120-88(107)108)79(144)128-60(75(100)140)27-19-35-117-85(101)102/h43-46,59-68,136-137H,19-42,47-50,99H2,1-18H3,(H2,100,140)(H,125,138)(H,126,142)(H,127,139)(H,128,144)(H,129,141)(H,130,143)(H,131,146)(H,132,145)(H,133,148)(H,134,147)(H,135,149)(H4,101,102,117)(H4,103,104,118)(H4,105,106,119)(H4,107,108,120)(H4,109,110,121)(H4,111,112,122)(H4,113,114,123)(H4,115,116,124)/t59-,60-,61-,62-,63-,64-,65-,66-,67-,68-/m0/s1. The Hall–Kier alpha value is -14.7. The van der Waals surface area contributed by atoms with Crippen LogP contribution < -0.4 is 158 Å². The lowest BCUT2D eigenvalue weighted by Crippen LogP contribution is -2.60. The number of nitrogens with one attached hydrogen (secondary N) is 29. The highest BCUT2D eigenvalue weighted by molar-refractivity contribution is 6.01. The number of guanidine groups is 8. The molecule has 4 aromatic rings. The van der Waals surface area contributed by atoms with Crippen molar-refractivity contribution in [2.75, 3.05) is 65.4 Å². The quantitative estimate of drug-likeness (QED) is 0.0126. The molecule has 49 N–H and O–H groups in total. The van der Waals surface area contributed by atoms with Crippen LogP contribution in [0.1, 0.15) is 272 Å². The van der Waals surface area contributed by atoms with Crippen LogP contribution >= 0.6 is 0 Å². The Morgan fingerprint density at radius 2 is 0.490 bits per heavy atom. The van der Waals surface area contributed by atoms with Gasteiger partial charge < -0.3 is 168 Å². The first-order valence-electron chi connectivity index (χ1n) is 50.5. The second kappa shape index (κ2) is 58.1. The molecular weight excluding hydrogens is 1920 g/mol. The summed E-state index contributed by atoms with van der Waals surface area (Å²) in [7, 11) is 0. The van der Waals surface area contributed by atoms with Crippen molar-refractivity contribution in [2.45, 2.75) is 333 Å². The topological polar surface area (TPSA) is 916 Å². The summed E-state index contributed by atoms with van der Waals surface area (Å²) in [5.74, 6) is -14.4. The molecule has 12 amide bonds. The van der Waals surface area contributed by atoms with E-state index in [2.05, 4.69) is 239 Å². The van der Waals surface area contributed by atoms with Gasteiger partial charge in [0.25, 0.3) is 0 Å². The molecule has 2 aromatic heterocycles. The zero-order chi connectivity index (χ0) is 113. The Balaban J connectivity index is 1.80. The number of aromatic nitrogens is 2. The van der Waals surface area contributed by atoms with E-state index in [1.54, 1.807) is 0 Å². The summed E-state index contributed by atoms with van der Waals surface area (Å²) in [6.45, 7) is 36.1. The van der Waals surface area contributed by atoms with Gasteiger partial charge in [-0.15, -0.1) is 0 Å². The molecule has 2 aromatic carbocycles. The normalized spacial score (nSPS) is 13.8. The SMILES string of the molecule is CC(C)(C)c1cc(C(C)(C)C)c2[nH]c(C(C)(C)C)c(C[C@H](NC(=O)[C@H](CCCNC(=N)N)NC(=O)[C@@H](N)Cc3c(C(C)(C)C)[nH]c4c(C(C)(C)C)cc(C(C)(C)C)cc34)C(=O)NCC(=O)NCC(=O)N[C@@H](CCCNC(=N)N)C(=O)N[C@@H](CCCNC(=N)N)C(=O)N[C@@H](CCCNC(=N)N)C(=O)N[C@@H](CCCNC(=N)N)C(=O)N[C@@H](CCCNC(=N)N)C(=O)N[C@@H](CCCNC(=N)N)C(=O)N[C@@H](CCCNC(=N)N)C(N)=O)c2c1. The van der Waals surface area contributed by atoms with E-state index >= 15 is 24.0 Å². The van der Waals surface area contributed by atoms with Gasteiger partial charge in [-0.3, -0.25) is 101 Å². The molecule has 0 saturated carbocycles. The third-order valence-electron chi connectivity index (χ3n) is 24.5. The van der Waals surface area contributed by atoms with Crippen LogP contribution in [-0.4, -0.2) is 254 Å². The van der Waals surface area contributed by atoms with E-state index < -0.39 is 196 Å². The maximum atomic E-state index is 15.6. The van der Waals surface area contributed by atoms with Crippen LogP contribution in [0.2, 0.25) is 0 Å². The minimum atomic E-state index is -1.62. The highest BCUT2D eigenvalue weighted by Crippen LogP contribution is 2.43. The van der Waals surface area contributed by atoms with Gasteiger partial charge in [-0.05, 0) is 176 Å². The van der Waals surface area contributed by atoms with Crippen molar-refractivity contribution in [3.05, 3.63) is 69.0 Å². The Morgan fingerprint density at radius 3 is 0.732 bits per heavy atom. The number of fused-ring (bicyclic) bond motifs is 2. The summed E-state index contributed by atoms with van der Waals surface area (Å²) in [4.78, 5) is 184. The highest BCUT2D eigenvalue weighted by Gasteiger charge is 2.40. The highest BCUT2D eigenvalue weighted by atomic mass is 16.2. The molecule has 4 rings (SSSR count). The number of hydrogen-bond donors (Lipinski definition) is 39. The van der Waals surface area contributed by atoms with E-state index in [9.17, 15) is 33.6 Å². The van der Waals surface area contributed by atoms with Crippen molar-refractivity contribution in [2.24, 2.45) is 57.3 Å². The van der Waals surface area contributed by atoms with E-state index in [-0.39, 0.29) is 196 Å². The molecule has 10 atom stereocenters. The summed E-state index contributed by atoms with van der Waals surface area (Å²) >= 11 is 0. The third kappa shape index (κ3) is 44.5. The minimum absolute atomic E-state index is 0.00251. The zero-order valence-corrected chi connectivity index (χ0v) is 90.1. The summed E-state index contributed by atoms with van der Waals surface area (Å²) in [5.41, 5.74) is 64.0. The van der Waals surface area contributed by atoms with Gasteiger partial charge in [0.05, 0.1) is 19.1 Å². The van der Waals surface area contributed by atoms with Crippen LogP contribution in [0.15, 0.2) is 24.3 Å². The van der Waals surface area contributed by atoms with E-state index in [0.717, 1.165) is 61.0 Å². The van der Waals surface area contributed by atoms with Crippen molar-refractivity contribution < 1.29 is 57.5 Å². The van der Waals surface area contributed by atoms with Crippen molar-refractivity contribution >= 4 is 140 Å². The molecule has 51 nitrogen and oxygen atoms in total. The second-order valence-corrected chi connectivity index (χ2v) is 43.7. The first kappa shape index (κ1) is 127. The Labute approximate surface area is 872 Å². The van der Waals surface area contributed by atoms with Gasteiger partial charge in [0.1, 0.15) is 54.4 Å². The first-order valence-corrected chi connectivity index (χ1v) is 50.5. The number of primary amides is 1. The van der Waals surface area contributed by atoms with Gasteiger partial charge in [-0.25, -0.2) is 0 Å². The molecular formula is C98H173N39O12. The number of hydrogen-bond acceptors (Lipinski definition) is 21. The third-order valence-corrected chi connectivity index (χ3v) is 24.5. The maximum Gasteiger partial charge on any atom is 0.243 e. The van der Waals surface area contributed by atoms with Crippen molar-refractivity contribution in [1.82, 2.24) is 111 Å². The number of nitrogens with two attached hydrogens (primary N) is 10. The average molecular weight is 2090 g/mol. The molecule has 0 spiro atoms. The van der Waals surface area contributed by atoms with Crippen molar-refractivity contribution in [1.29, 1.82) is 43.3 Å². The molecule has 0 radical (unpaired) electrons. The number of amides is 12. The Bertz CT molecular complexity index is 5350. The monoisotopic (exact) mass is 2090 g/mol. The number of rotatable bonds is 59. The fourth-order valence-corrected chi connectivity index (χ4v) is 16.5. The van der Waals surface area contributed by atoms with E-state index in [0.29, 0.717) is 5.56 Å². The molecule has 0 saturated heterocycles. The number of H-pyrrole nitrogens is 2. The smallest absolute Gasteiger partial charge is 0.243 e. The van der Waals surface area contributed by atoms with E-state index in [4.69, 9.17) is 101 Å². The van der Waals surface area contributed by atoms with Gasteiger partial charge in [0.15, 0.2) is 47.7 Å². The second-order valence-electron chi connectivity index (χ2n) is 43.7. The number of carbonyl (C=O) groups excluding carboxylic acids is 12. The lowest BCUT2D eigenvalue weighted by Gasteiger charge is -2.28. The molecule has 0 aliphatic rings. The Kier molecular flexibility index (Phi) is 49.4. The lowest BCUT2D eigenvalue weighted by atomic mass is 9.78.